The van der Waals surface area contributed by atoms with Crippen LogP contribution in [0.5, 0.6) is 0 Å². The molecule has 0 radical (unpaired) electrons. The fourth-order valence-electron chi connectivity index (χ4n) is 3.31. The van der Waals surface area contributed by atoms with Crippen LogP contribution in [0, 0.1) is 0 Å². The molecule has 8 heteroatoms. The van der Waals surface area contributed by atoms with Crippen molar-refractivity contribution in [1.82, 2.24) is 33.9 Å². The van der Waals surface area contributed by atoms with Crippen molar-refractivity contribution in [3.8, 4) is 22.8 Å². The van der Waals surface area contributed by atoms with Crippen LogP contribution in [0.4, 0.5) is 0 Å². The van der Waals surface area contributed by atoms with Gasteiger partial charge in [-0.25, -0.2) is 19.2 Å². The van der Waals surface area contributed by atoms with E-state index in [1.54, 1.807) is 22.8 Å². The van der Waals surface area contributed by atoms with Gasteiger partial charge >= 0.3 is 0 Å². The topological polar surface area (TPSA) is 82.9 Å². The van der Waals surface area contributed by atoms with E-state index in [1.807, 2.05) is 59.3 Å². The summed E-state index contributed by atoms with van der Waals surface area (Å²) in [6, 6.07) is 18.9. The quantitative estimate of drug-likeness (QED) is 0.466. The smallest absolute Gasteiger partial charge is 0.266 e. The lowest BCUT2D eigenvalue weighted by atomic mass is 10.1. The standard InChI is InChI=1S/C21H17N7O/c29-20-10-9-17(16-5-2-1-3-6-16)25-27(20)14-13-26-12-11-22-21(26)18-7-4-8-19-23-15-24-28(18)19/h1-12,15H,13-14H2. The van der Waals surface area contributed by atoms with Gasteiger partial charge in [-0.15, -0.1) is 0 Å². The van der Waals surface area contributed by atoms with Crippen molar-refractivity contribution in [2.75, 3.05) is 0 Å². The number of hydrogen-bond donors (Lipinski definition) is 0. The number of aryl methyl sites for hydroxylation is 2. The molecule has 0 aliphatic rings. The highest BCUT2D eigenvalue weighted by atomic mass is 16.1. The molecule has 0 aliphatic heterocycles. The highest BCUT2D eigenvalue weighted by molar-refractivity contribution is 5.58. The summed E-state index contributed by atoms with van der Waals surface area (Å²) in [6.07, 6.45) is 5.14. The average Bonchev–Trinajstić information content (AvgIpc) is 3.43. The SMILES string of the molecule is O=c1ccc(-c2ccccc2)nn1CCn1ccnc1-c1cccc2ncnn12. The molecular weight excluding hydrogens is 366 g/mol. The second-order valence-electron chi connectivity index (χ2n) is 6.53. The zero-order valence-electron chi connectivity index (χ0n) is 15.5. The maximum atomic E-state index is 12.3. The fraction of sp³-hybridized carbons (Fsp3) is 0.0952. The van der Waals surface area contributed by atoms with Crippen molar-refractivity contribution in [3.63, 3.8) is 0 Å². The highest BCUT2D eigenvalue weighted by Gasteiger charge is 2.11. The van der Waals surface area contributed by atoms with Crippen LogP contribution in [0.1, 0.15) is 0 Å². The molecule has 0 amide bonds. The minimum atomic E-state index is -0.135. The zero-order valence-corrected chi connectivity index (χ0v) is 15.5. The lowest BCUT2D eigenvalue weighted by Gasteiger charge is -2.11. The van der Waals surface area contributed by atoms with Crippen molar-refractivity contribution in [2.45, 2.75) is 13.1 Å². The number of hydrogen-bond acceptors (Lipinski definition) is 5. The first-order valence-corrected chi connectivity index (χ1v) is 9.23. The van der Waals surface area contributed by atoms with E-state index in [-0.39, 0.29) is 5.56 Å². The summed E-state index contributed by atoms with van der Waals surface area (Å²) in [4.78, 5) is 21.0. The van der Waals surface area contributed by atoms with Gasteiger partial charge < -0.3 is 4.57 Å². The zero-order chi connectivity index (χ0) is 19.6. The van der Waals surface area contributed by atoms with Gasteiger partial charge in [0.25, 0.3) is 5.56 Å². The molecule has 4 aromatic heterocycles. The first-order valence-electron chi connectivity index (χ1n) is 9.23. The van der Waals surface area contributed by atoms with Gasteiger partial charge in [-0.2, -0.15) is 10.2 Å². The summed E-state index contributed by atoms with van der Waals surface area (Å²) in [5.74, 6) is 0.758. The first-order chi connectivity index (χ1) is 14.3. The molecule has 5 aromatic rings. The molecule has 0 fully saturated rings. The Morgan fingerprint density at radius 3 is 2.66 bits per heavy atom. The van der Waals surface area contributed by atoms with Crippen LogP contribution < -0.4 is 5.56 Å². The Morgan fingerprint density at radius 2 is 1.76 bits per heavy atom. The monoisotopic (exact) mass is 383 g/mol. The Kier molecular flexibility index (Phi) is 4.21. The summed E-state index contributed by atoms with van der Waals surface area (Å²) < 4.78 is 5.22. The van der Waals surface area contributed by atoms with E-state index in [1.165, 1.54) is 11.0 Å². The van der Waals surface area contributed by atoms with Gasteiger partial charge in [-0.3, -0.25) is 4.79 Å². The van der Waals surface area contributed by atoms with Gasteiger partial charge in [0.2, 0.25) is 0 Å². The van der Waals surface area contributed by atoms with Crippen LogP contribution >= 0.6 is 0 Å². The molecule has 4 heterocycles. The summed E-state index contributed by atoms with van der Waals surface area (Å²) in [6.45, 7) is 0.974. The second-order valence-corrected chi connectivity index (χ2v) is 6.53. The van der Waals surface area contributed by atoms with Crippen molar-refractivity contribution >= 4 is 5.65 Å². The van der Waals surface area contributed by atoms with Gasteiger partial charge in [0.05, 0.1) is 12.2 Å². The molecule has 29 heavy (non-hydrogen) atoms. The maximum absolute atomic E-state index is 12.3. The third-order valence-corrected chi connectivity index (χ3v) is 4.74. The third kappa shape index (κ3) is 3.20. The molecule has 0 saturated carbocycles. The third-order valence-electron chi connectivity index (χ3n) is 4.74. The van der Waals surface area contributed by atoms with Crippen molar-refractivity contribution < 1.29 is 0 Å². The number of nitrogens with zero attached hydrogens (tertiary/aromatic N) is 7. The van der Waals surface area contributed by atoms with Crippen LogP contribution in [0.2, 0.25) is 0 Å². The Morgan fingerprint density at radius 1 is 0.862 bits per heavy atom. The summed E-state index contributed by atoms with van der Waals surface area (Å²) in [5.41, 5.74) is 3.20. The summed E-state index contributed by atoms with van der Waals surface area (Å²) in [7, 11) is 0. The van der Waals surface area contributed by atoms with Crippen molar-refractivity contribution in [3.05, 3.63) is 89.7 Å². The number of rotatable bonds is 5. The Hall–Kier alpha value is -4.07. The van der Waals surface area contributed by atoms with Gasteiger partial charge in [0.15, 0.2) is 11.5 Å². The minimum absolute atomic E-state index is 0.135. The minimum Gasteiger partial charge on any atom is -0.328 e. The molecule has 0 N–H and O–H groups in total. The van der Waals surface area contributed by atoms with Crippen LogP contribution in [0.15, 0.2) is 84.2 Å². The first kappa shape index (κ1) is 17.1. The number of benzene rings is 1. The number of fused-ring (bicyclic) bond motifs is 1. The van der Waals surface area contributed by atoms with Gasteiger partial charge in [-0.1, -0.05) is 36.4 Å². The van der Waals surface area contributed by atoms with E-state index >= 15 is 0 Å². The number of imidazole rings is 1. The molecule has 0 aliphatic carbocycles. The Labute approximate surface area is 165 Å². The molecule has 0 saturated heterocycles. The Bertz CT molecular complexity index is 1330. The van der Waals surface area contributed by atoms with Crippen LogP contribution in [0.25, 0.3) is 28.4 Å². The normalized spacial score (nSPS) is 11.2. The fourth-order valence-corrected chi connectivity index (χ4v) is 3.31. The Balaban J connectivity index is 1.44. The lowest BCUT2D eigenvalue weighted by Crippen LogP contribution is -2.24. The number of aromatic nitrogens is 7. The number of pyridine rings is 1. The van der Waals surface area contributed by atoms with E-state index in [0.717, 1.165) is 28.4 Å². The van der Waals surface area contributed by atoms with Crippen LogP contribution in [-0.2, 0) is 13.1 Å². The lowest BCUT2D eigenvalue weighted by molar-refractivity contribution is 0.514. The highest BCUT2D eigenvalue weighted by Crippen LogP contribution is 2.18. The predicted molar refractivity (Wildman–Crippen MR) is 108 cm³/mol. The predicted octanol–water partition coefficient (Wildman–Crippen LogP) is 2.52. The molecule has 142 valence electrons. The van der Waals surface area contributed by atoms with E-state index in [9.17, 15) is 4.79 Å². The van der Waals surface area contributed by atoms with Crippen LogP contribution in [0.3, 0.4) is 0 Å². The van der Waals surface area contributed by atoms with E-state index in [4.69, 9.17) is 0 Å². The molecule has 0 unspecified atom stereocenters. The van der Waals surface area contributed by atoms with E-state index in [2.05, 4.69) is 20.2 Å². The molecule has 5 rings (SSSR count). The van der Waals surface area contributed by atoms with E-state index in [0.29, 0.717) is 13.1 Å². The van der Waals surface area contributed by atoms with Crippen LogP contribution in [-0.4, -0.2) is 33.9 Å². The average molecular weight is 383 g/mol. The van der Waals surface area contributed by atoms with Gasteiger partial charge in [-0.05, 0) is 18.2 Å². The second kappa shape index (κ2) is 7.16. The van der Waals surface area contributed by atoms with E-state index < -0.39 is 0 Å². The summed E-state index contributed by atoms with van der Waals surface area (Å²) >= 11 is 0. The van der Waals surface area contributed by atoms with Gasteiger partial charge in [0, 0.05) is 30.6 Å². The summed E-state index contributed by atoms with van der Waals surface area (Å²) in [5, 5.41) is 8.81. The van der Waals surface area contributed by atoms with Crippen molar-refractivity contribution in [2.24, 2.45) is 0 Å². The molecular formula is C21H17N7O. The largest absolute Gasteiger partial charge is 0.328 e. The molecule has 0 bridgehead atoms. The maximum Gasteiger partial charge on any atom is 0.266 e. The molecule has 0 spiro atoms. The molecule has 0 atom stereocenters. The molecule has 8 nitrogen and oxygen atoms in total. The van der Waals surface area contributed by atoms with Crippen molar-refractivity contribution in [1.29, 1.82) is 0 Å². The van der Waals surface area contributed by atoms with Gasteiger partial charge in [0.1, 0.15) is 12.0 Å². The molecule has 1 aromatic carbocycles.